The lowest BCUT2D eigenvalue weighted by atomic mass is 10.3. The van der Waals surface area contributed by atoms with Crippen molar-refractivity contribution in [1.82, 2.24) is 20.9 Å². The number of amides is 3. The molecule has 1 aliphatic rings. The molecule has 0 aromatic carbocycles. The monoisotopic (exact) mass is 248 g/mol. The summed E-state index contributed by atoms with van der Waals surface area (Å²) in [5.74, 6) is -0.230. The van der Waals surface area contributed by atoms with E-state index in [4.69, 9.17) is 0 Å². The zero-order chi connectivity index (χ0) is 12.8. The summed E-state index contributed by atoms with van der Waals surface area (Å²) in [5, 5.41) is 7.93. The fourth-order valence-electron chi connectivity index (χ4n) is 1.38. The smallest absolute Gasteiger partial charge is 0.315 e. The van der Waals surface area contributed by atoms with Crippen molar-refractivity contribution in [2.45, 2.75) is 25.4 Å². The molecule has 6 nitrogen and oxygen atoms in total. The minimum atomic E-state index is -0.287. The predicted octanol–water partition coefficient (Wildman–Crippen LogP) is 0.159. The molecular formula is C12H16N4O2. The first-order valence-corrected chi connectivity index (χ1v) is 5.95. The number of pyridine rings is 1. The van der Waals surface area contributed by atoms with Crippen molar-refractivity contribution in [3.8, 4) is 0 Å². The second-order valence-electron chi connectivity index (χ2n) is 4.20. The highest BCUT2D eigenvalue weighted by atomic mass is 16.2. The third-order valence-corrected chi connectivity index (χ3v) is 2.51. The topological polar surface area (TPSA) is 83.1 Å². The second kappa shape index (κ2) is 6.00. The molecule has 0 radical (unpaired) electrons. The van der Waals surface area contributed by atoms with Gasteiger partial charge in [0.15, 0.2) is 0 Å². The molecule has 6 heteroatoms. The van der Waals surface area contributed by atoms with Crippen LogP contribution in [0.25, 0.3) is 0 Å². The summed E-state index contributed by atoms with van der Waals surface area (Å²) in [7, 11) is 0. The lowest BCUT2D eigenvalue weighted by molar-refractivity contribution is -0.120. The Balaban J connectivity index is 1.61. The largest absolute Gasteiger partial charge is 0.349 e. The number of carbonyl (C=O) groups is 2. The van der Waals surface area contributed by atoms with Crippen LogP contribution in [0.5, 0.6) is 0 Å². The molecular weight excluding hydrogens is 232 g/mol. The molecule has 1 aromatic heterocycles. The van der Waals surface area contributed by atoms with E-state index in [0.717, 1.165) is 18.5 Å². The van der Waals surface area contributed by atoms with Crippen LogP contribution in [0.3, 0.4) is 0 Å². The van der Waals surface area contributed by atoms with Gasteiger partial charge in [-0.1, -0.05) is 6.07 Å². The number of nitrogens with one attached hydrogen (secondary N) is 3. The molecule has 0 unspecified atom stereocenters. The molecule has 2 rings (SSSR count). The molecule has 1 saturated carbocycles. The lowest BCUT2D eigenvalue weighted by Crippen LogP contribution is -2.42. The summed E-state index contributed by atoms with van der Waals surface area (Å²) in [4.78, 5) is 26.8. The van der Waals surface area contributed by atoms with Crippen molar-refractivity contribution in [3.63, 3.8) is 0 Å². The Morgan fingerprint density at radius 3 is 2.78 bits per heavy atom. The quantitative estimate of drug-likeness (QED) is 0.694. The summed E-state index contributed by atoms with van der Waals surface area (Å²) >= 11 is 0. The van der Waals surface area contributed by atoms with Gasteiger partial charge >= 0.3 is 6.03 Å². The van der Waals surface area contributed by atoms with Crippen LogP contribution in [0.2, 0.25) is 0 Å². The average Bonchev–Trinajstić information content (AvgIpc) is 3.19. The van der Waals surface area contributed by atoms with Gasteiger partial charge in [-0.15, -0.1) is 0 Å². The molecule has 3 N–H and O–H groups in total. The minimum Gasteiger partial charge on any atom is -0.349 e. The Labute approximate surface area is 105 Å². The van der Waals surface area contributed by atoms with E-state index in [2.05, 4.69) is 20.9 Å². The molecule has 1 aromatic rings. The molecule has 0 spiro atoms. The van der Waals surface area contributed by atoms with Gasteiger partial charge in [0, 0.05) is 12.2 Å². The van der Waals surface area contributed by atoms with Crippen LogP contribution in [0.1, 0.15) is 18.5 Å². The fraction of sp³-hybridized carbons (Fsp3) is 0.417. The highest BCUT2D eigenvalue weighted by Gasteiger charge is 2.23. The van der Waals surface area contributed by atoms with Crippen molar-refractivity contribution in [1.29, 1.82) is 0 Å². The van der Waals surface area contributed by atoms with Crippen LogP contribution in [0.15, 0.2) is 24.4 Å². The van der Waals surface area contributed by atoms with E-state index in [1.165, 1.54) is 0 Å². The first-order valence-electron chi connectivity index (χ1n) is 5.95. The maximum atomic E-state index is 11.4. The minimum absolute atomic E-state index is 0.0224. The normalized spacial score (nSPS) is 13.8. The van der Waals surface area contributed by atoms with Crippen LogP contribution in [0.4, 0.5) is 4.79 Å². The first kappa shape index (κ1) is 12.3. The molecule has 1 fully saturated rings. The van der Waals surface area contributed by atoms with Gasteiger partial charge in [0.25, 0.3) is 0 Å². The highest BCUT2D eigenvalue weighted by molar-refractivity contribution is 5.84. The number of carbonyl (C=O) groups excluding carboxylic acids is 2. The lowest BCUT2D eigenvalue weighted by Gasteiger charge is -2.07. The molecule has 0 bridgehead atoms. The number of hydrogen-bond acceptors (Lipinski definition) is 3. The van der Waals surface area contributed by atoms with Crippen LogP contribution in [-0.2, 0) is 11.3 Å². The summed E-state index contributed by atoms with van der Waals surface area (Å²) in [5.41, 5.74) is 0.785. The van der Waals surface area contributed by atoms with Gasteiger partial charge in [0.2, 0.25) is 5.91 Å². The molecule has 0 aliphatic heterocycles. The van der Waals surface area contributed by atoms with Crippen LogP contribution in [0, 0.1) is 0 Å². The Morgan fingerprint density at radius 1 is 1.28 bits per heavy atom. The first-order chi connectivity index (χ1) is 8.74. The standard InChI is InChI=1S/C12H16N4O2/c17-11(8-15-12(18)16-9-4-5-9)14-7-10-3-1-2-6-13-10/h1-3,6,9H,4-5,7-8H2,(H,14,17)(H2,15,16,18). The van der Waals surface area contributed by atoms with Gasteiger partial charge in [0.1, 0.15) is 0 Å². The Bertz CT molecular complexity index is 417. The molecule has 18 heavy (non-hydrogen) atoms. The Morgan fingerprint density at radius 2 is 2.11 bits per heavy atom. The van der Waals surface area contributed by atoms with Crippen molar-refractivity contribution in [3.05, 3.63) is 30.1 Å². The third-order valence-electron chi connectivity index (χ3n) is 2.51. The highest BCUT2D eigenvalue weighted by Crippen LogP contribution is 2.17. The molecule has 1 aliphatic carbocycles. The van der Waals surface area contributed by atoms with Gasteiger partial charge in [-0.3, -0.25) is 9.78 Å². The van der Waals surface area contributed by atoms with Gasteiger partial charge in [-0.25, -0.2) is 4.79 Å². The maximum Gasteiger partial charge on any atom is 0.315 e. The van der Waals surface area contributed by atoms with E-state index in [-0.39, 0.29) is 18.5 Å². The van der Waals surface area contributed by atoms with Crippen LogP contribution in [-0.4, -0.2) is 29.5 Å². The van der Waals surface area contributed by atoms with E-state index in [1.807, 2.05) is 18.2 Å². The number of aromatic nitrogens is 1. The Kier molecular flexibility index (Phi) is 4.11. The van der Waals surface area contributed by atoms with Crippen molar-refractivity contribution in [2.24, 2.45) is 0 Å². The van der Waals surface area contributed by atoms with Crippen molar-refractivity contribution >= 4 is 11.9 Å². The number of nitrogens with zero attached hydrogens (tertiary/aromatic N) is 1. The SMILES string of the molecule is O=C(CNC(=O)NC1CC1)NCc1ccccn1. The number of rotatable bonds is 5. The Hall–Kier alpha value is -2.11. The molecule has 0 atom stereocenters. The maximum absolute atomic E-state index is 11.4. The molecule has 96 valence electrons. The fourth-order valence-corrected chi connectivity index (χ4v) is 1.38. The summed E-state index contributed by atoms with van der Waals surface area (Å²) in [6.07, 6.45) is 3.72. The summed E-state index contributed by atoms with van der Waals surface area (Å²) in [6, 6.07) is 5.50. The van der Waals surface area contributed by atoms with Gasteiger partial charge in [-0.05, 0) is 25.0 Å². The summed E-state index contributed by atoms with van der Waals surface area (Å²) in [6.45, 7) is 0.344. The average molecular weight is 248 g/mol. The van der Waals surface area contributed by atoms with Gasteiger partial charge < -0.3 is 16.0 Å². The third kappa shape index (κ3) is 4.40. The zero-order valence-electron chi connectivity index (χ0n) is 9.98. The van der Waals surface area contributed by atoms with Gasteiger partial charge in [-0.2, -0.15) is 0 Å². The molecule has 0 saturated heterocycles. The molecule has 1 heterocycles. The van der Waals surface area contributed by atoms with Gasteiger partial charge in [0.05, 0.1) is 18.8 Å². The van der Waals surface area contributed by atoms with E-state index < -0.39 is 0 Å². The number of hydrogen-bond donors (Lipinski definition) is 3. The summed E-state index contributed by atoms with van der Waals surface area (Å²) < 4.78 is 0. The van der Waals surface area contributed by atoms with E-state index in [1.54, 1.807) is 6.20 Å². The second-order valence-corrected chi connectivity index (χ2v) is 4.20. The van der Waals surface area contributed by atoms with E-state index in [9.17, 15) is 9.59 Å². The van der Waals surface area contributed by atoms with Crippen molar-refractivity contribution in [2.75, 3.05) is 6.54 Å². The van der Waals surface area contributed by atoms with Crippen molar-refractivity contribution < 1.29 is 9.59 Å². The van der Waals surface area contributed by atoms with Crippen LogP contribution < -0.4 is 16.0 Å². The predicted molar refractivity (Wildman–Crippen MR) is 65.6 cm³/mol. The van der Waals surface area contributed by atoms with E-state index >= 15 is 0 Å². The number of urea groups is 1. The zero-order valence-corrected chi connectivity index (χ0v) is 9.98. The molecule has 3 amide bonds. The van der Waals surface area contributed by atoms with E-state index in [0.29, 0.717) is 12.6 Å². The van der Waals surface area contributed by atoms with Crippen LogP contribution >= 0.6 is 0 Å².